The van der Waals surface area contributed by atoms with Crippen molar-refractivity contribution in [1.29, 1.82) is 0 Å². The van der Waals surface area contributed by atoms with Crippen LogP contribution in [0.2, 0.25) is 0 Å². The molecule has 0 saturated carbocycles. The Morgan fingerprint density at radius 1 is 1.18 bits per heavy atom. The van der Waals surface area contributed by atoms with Gasteiger partial charge in [-0.05, 0) is 18.4 Å². The molecule has 0 aliphatic heterocycles. The van der Waals surface area contributed by atoms with E-state index in [9.17, 15) is 0 Å². The second-order valence-corrected chi connectivity index (χ2v) is 5.70. The van der Waals surface area contributed by atoms with Crippen molar-refractivity contribution in [2.75, 3.05) is 7.11 Å². The van der Waals surface area contributed by atoms with Crippen LogP contribution < -0.4 is 4.74 Å². The molecule has 0 radical (unpaired) electrons. The van der Waals surface area contributed by atoms with E-state index < -0.39 is 0 Å². The van der Waals surface area contributed by atoms with E-state index in [1.807, 2.05) is 29.8 Å². The van der Waals surface area contributed by atoms with Gasteiger partial charge >= 0.3 is 0 Å². The highest BCUT2D eigenvalue weighted by Gasteiger charge is 2.20. The summed E-state index contributed by atoms with van der Waals surface area (Å²) >= 11 is 0. The Labute approximate surface area is 129 Å². The number of benzene rings is 1. The Hall–Kier alpha value is -2.43. The molecule has 0 bridgehead atoms. The number of fused-ring (bicyclic) bond motifs is 1. The van der Waals surface area contributed by atoms with Gasteiger partial charge < -0.3 is 4.74 Å². The molecular formula is C17H20N4O. The van der Waals surface area contributed by atoms with Gasteiger partial charge in [-0.2, -0.15) is 0 Å². The molecule has 0 amide bonds. The molecule has 3 aromatic rings. The summed E-state index contributed by atoms with van der Waals surface area (Å²) in [7, 11) is 1.68. The van der Waals surface area contributed by atoms with E-state index in [2.05, 4.69) is 36.3 Å². The summed E-state index contributed by atoms with van der Waals surface area (Å²) in [6.45, 7) is 6.92. The first kappa shape index (κ1) is 14.5. The van der Waals surface area contributed by atoms with Crippen LogP contribution in [0.15, 0.2) is 30.3 Å². The molecule has 3 rings (SSSR count). The van der Waals surface area contributed by atoms with Gasteiger partial charge in [0.15, 0.2) is 16.9 Å². The average Bonchev–Trinajstić information content (AvgIpc) is 2.89. The third-order valence-corrected chi connectivity index (χ3v) is 3.79. The van der Waals surface area contributed by atoms with Crippen molar-refractivity contribution in [3.8, 4) is 5.75 Å². The van der Waals surface area contributed by atoms with Gasteiger partial charge in [0.05, 0.1) is 13.7 Å². The summed E-state index contributed by atoms with van der Waals surface area (Å²) < 4.78 is 7.43. The quantitative estimate of drug-likeness (QED) is 0.741. The molecule has 1 aromatic carbocycles. The van der Waals surface area contributed by atoms with E-state index >= 15 is 0 Å². The van der Waals surface area contributed by atoms with E-state index in [1.165, 1.54) is 5.56 Å². The number of nitrogens with zero attached hydrogens (tertiary/aromatic N) is 4. The molecule has 0 aliphatic carbocycles. The van der Waals surface area contributed by atoms with Gasteiger partial charge in [0.2, 0.25) is 0 Å². The van der Waals surface area contributed by atoms with Crippen molar-refractivity contribution in [1.82, 2.24) is 20.0 Å². The molecular weight excluding hydrogens is 276 g/mol. The van der Waals surface area contributed by atoms with Gasteiger partial charge in [0, 0.05) is 11.3 Å². The monoisotopic (exact) mass is 296 g/mol. The fourth-order valence-electron chi connectivity index (χ4n) is 2.83. The SMILES string of the molecule is COc1c(C(C)C)c(C)nc2c1nnn2Cc1ccccc1. The minimum Gasteiger partial charge on any atom is -0.494 e. The molecule has 5 nitrogen and oxygen atoms in total. The van der Waals surface area contributed by atoms with Crippen molar-refractivity contribution < 1.29 is 4.74 Å². The van der Waals surface area contributed by atoms with Crippen molar-refractivity contribution in [3.63, 3.8) is 0 Å². The lowest BCUT2D eigenvalue weighted by Crippen LogP contribution is -2.05. The summed E-state index contributed by atoms with van der Waals surface area (Å²) in [5, 5.41) is 8.56. The molecule has 0 atom stereocenters. The highest BCUT2D eigenvalue weighted by atomic mass is 16.5. The van der Waals surface area contributed by atoms with Crippen molar-refractivity contribution in [3.05, 3.63) is 47.2 Å². The van der Waals surface area contributed by atoms with E-state index in [0.717, 1.165) is 28.2 Å². The normalized spacial score (nSPS) is 11.3. The summed E-state index contributed by atoms with van der Waals surface area (Å²) in [6.07, 6.45) is 0. The largest absolute Gasteiger partial charge is 0.494 e. The van der Waals surface area contributed by atoms with E-state index in [1.54, 1.807) is 7.11 Å². The third-order valence-electron chi connectivity index (χ3n) is 3.79. The van der Waals surface area contributed by atoms with Gasteiger partial charge in [-0.25, -0.2) is 9.67 Å². The highest BCUT2D eigenvalue weighted by molar-refractivity contribution is 5.80. The lowest BCUT2D eigenvalue weighted by atomic mass is 10.0. The summed E-state index contributed by atoms with van der Waals surface area (Å²) in [5.74, 6) is 1.11. The maximum atomic E-state index is 5.61. The number of hydrogen-bond acceptors (Lipinski definition) is 4. The van der Waals surface area contributed by atoms with Gasteiger partial charge in [-0.3, -0.25) is 0 Å². The van der Waals surface area contributed by atoms with Crippen LogP contribution in [0.5, 0.6) is 5.75 Å². The molecule has 0 fully saturated rings. The first-order chi connectivity index (χ1) is 10.6. The van der Waals surface area contributed by atoms with Crippen LogP contribution >= 0.6 is 0 Å². The Kier molecular flexibility index (Phi) is 3.79. The number of pyridine rings is 1. The summed E-state index contributed by atoms with van der Waals surface area (Å²) in [4.78, 5) is 4.72. The minimum absolute atomic E-state index is 0.325. The van der Waals surface area contributed by atoms with E-state index in [4.69, 9.17) is 9.72 Å². The van der Waals surface area contributed by atoms with Crippen LogP contribution in [-0.2, 0) is 6.54 Å². The molecule has 22 heavy (non-hydrogen) atoms. The van der Waals surface area contributed by atoms with Crippen LogP contribution in [0.1, 0.15) is 36.6 Å². The second kappa shape index (κ2) is 5.75. The smallest absolute Gasteiger partial charge is 0.182 e. The van der Waals surface area contributed by atoms with Crippen molar-refractivity contribution in [2.45, 2.75) is 33.2 Å². The minimum atomic E-state index is 0.325. The number of hydrogen-bond donors (Lipinski definition) is 0. The van der Waals surface area contributed by atoms with Crippen LogP contribution in [-0.4, -0.2) is 27.1 Å². The fourth-order valence-corrected chi connectivity index (χ4v) is 2.83. The van der Waals surface area contributed by atoms with Gasteiger partial charge in [-0.1, -0.05) is 49.4 Å². The summed E-state index contributed by atoms with van der Waals surface area (Å²) in [6, 6.07) is 10.2. The Morgan fingerprint density at radius 3 is 2.55 bits per heavy atom. The Bertz CT molecular complexity index is 793. The van der Waals surface area contributed by atoms with E-state index in [0.29, 0.717) is 12.5 Å². The van der Waals surface area contributed by atoms with Gasteiger partial charge in [0.1, 0.15) is 0 Å². The van der Waals surface area contributed by atoms with E-state index in [-0.39, 0.29) is 0 Å². The van der Waals surface area contributed by atoms with Crippen molar-refractivity contribution in [2.24, 2.45) is 0 Å². The van der Waals surface area contributed by atoms with Crippen molar-refractivity contribution >= 4 is 11.2 Å². The highest BCUT2D eigenvalue weighted by Crippen LogP contribution is 2.34. The van der Waals surface area contributed by atoms with Gasteiger partial charge in [-0.15, -0.1) is 5.10 Å². The molecule has 0 spiro atoms. The number of aromatic nitrogens is 4. The van der Waals surface area contributed by atoms with Crippen LogP contribution in [0.4, 0.5) is 0 Å². The molecule has 0 saturated heterocycles. The number of methoxy groups -OCH3 is 1. The van der Waals surface area contributed by atoms with Crippen LogP contribution in [0.3, 0.4) is 0 Å². The molecule has 114 valence electrons. The van der Waals surface area contributed by atoms with Crippen LogP contribution in [0, 0.1) is 6.92 Å². The molecule has 2 aromatic heterocycles. The lowest BCUT2D eigenvalue weighted by molar-refractivity contribution is 0.410. The van der Waals surface area contributed by atoms with Gasteiger partial charge in [0.25, 0.3) is 0 Å². The average molecular weight is 296 g/mol. The maximum absolute atomic E-state index is 5.61. The topological polar surface area (TPSA) is 52.8 Å². The molecule has 0 unspecified atom stereocenters. The predicted molar refractivity (Wildman–Crippen MR) is 86.2 cm³/mol. The van der Waals surface area contributed by atoms with Crippen LogP contribution in [0.25, 0.3) is 11.2 Å². The fraction of sp³-hybridized carbons (Fsp3) is 0.353. The third kappa shape index (κ3) is 2.43. The molecule has 2 heterocycles. The maximum Gasteiger partial charge on any atom is 0.182 e. The molecule has 0 aliphatic rings. The number of rotatable bonds is 4. The zero-order chi connectivity index (χ0) is 15.7. The Morgan fingerprint density at radius 2 is 1.91 bits per heavy atom. The number of aryl methyl sites for hydroxylation is 1. The summed E-state index contributed by atoms with van der Waals surface area (Å²) in [5.41, 5.74) is 4.73. The zero-order valence-corrected chi connectivity index (χ0v) is 13.4. The molecule has 5 heteroatoms. The lowest BCUT2D eigenvalue weighted by Gasteiger charge is -2.14. The standard InChI is InChI=1S/C17H20N4O/c1-11(2)14-12(3)18-17-15(16(14)22-4)19-20-21(17)10-13-8-6-5-7-9-13/h5-9,11H,10H2,1-4H3. The number of ether oxygens (including phenoxy) is 1. The zero-order valence-electron chi connectivity index (χ0n) is 13.4. The molecule has 0 N–H and O–H groups in total. The second-order valence-electron chi connectivity index (χ2n) is 5.70. The Balaban J connectivity index is 2.14. The predicted octanol–water partition coefficient (Wildman–Crippen LogP) is 3.32. The first-order valence-electron chi connectivity index (χ1n) is 7.43. The first-order valence-corrected chi connectivity index (χ1v) is 7.43.